The van der Waals surface area contributed by atoms with Crippen LogP contribution in [-0.4, -0.2) is 45.6 Å². The van der Waals surface area contributed by atoms with Gasteiger partial charge in [0, 0.05) is 12.2 Å². The zero-order valence-electron chi connectivity index (χ0n) is 22.3. The fraction of sp³-hybridized carbons (Fsp3) is 0.161. The number of carbonyl (C=O) groups is 2. The first-order valence-electron chi connectivity index (χ1n) is 13.0. The molecule has 0 aliphatic carbocycles. The molecule has 0 spiro atoms. The van der Waals surface area contributed by atoms with Crippen molar-refractivity contribution in [2.24, 2.45) is 0 Å². The van der Waals surface area contributed by atoms with Crippen LogP contribution in [0.5, 0.6) is 17.2 Å². The number of benzene rings is 4. The Morgan fingerprint density at radius 1 is 0.951 bits per heavy atom. The molecule has 0 bridgehead atoms. The number of carbonyl (C=O) groups excluding carboxylic acids is 2. The summed E-state index contributed by atoms with van der Waals surface area (Å²) in [6, 6.07) is 28.3. The Labute approximate surface area is 236 Å². The normalized spacial score (nSPS) is 12.6. The third-order valence-corrected chi connectivity index (χ3v) is 6.85. The largest absolute Gasteiger partial charge is 0.497 e. The van der Waals surface area contributed by atoms with Crippen molar-refractivity contribution in [2.45, 2.75) is 19.1 Å². The van der Waals surface area contributed by atoms with Crippen LogP contribution in [0.25, 0.3) is 11.0 Å². The summed E-state index contributed by atoms with van der Waals surface area (Å²) < 4.78 is 17.9. The van der Waals surface area contributed by atoms with E-state index in [9.17, 15) is 9.59 Å². The molecule has 4 aromatic carbocycles. The molecule has 1 aliphatic heterocycles. The first-order valence-corrected chi connectivity index (χ1v) is 13.0. The minimum absolute atomic E-state index is 0.0908. The highest BCUT2D eigenvalue weighted by Crippen LogP contribution is 2.36. The zero-order valence-corrected chi connectivity index (χ0v) is 22.3. The van der Waals surface area contributed by atoms with Gasteiger partial charge < -0.3 is 24.4 Å². The maximum absolute atomic E-state index is 14.1. The van der Waals surface area contributed by atoms with Gasteiger partial charge in [0.05, 0.1) is 12.6 Å². The highest BCUT2D eigenvalue weighted by atomic mass is 16.7. The molecule has 0 unspecified atom stereocenters. The van der Waals surface area contributed by atoms with E-state index in [4.69, 9.17) is 14.2 Å². The van der Waals surface area contributed by atoms with Crippen LogP contribution in [0.3, 0.4) is 0 Å². The van der Waals surface area contributed by atoms with Crippen LogP contribution in [0.4, 0.5) is 5.69 Å². The van der Waals surface area contributed by atoms with Gasteiger partial charge in [-0.05, 0) is 59.7 Å². The van der Waals surface area contributed by atoms with Gasteiger partial charge in [0.25, 0.3) is 5.91 Å². The molecule has 0 radical (unpaired) electrons. The second-order valence-corrected chi connectivity index (χ2v) is 9.48. The lowest BCUT2D eigenvalue weighted by Gasteiger charge is -2.32. The molecule has 10 heteroatoms. The minimum Gasteiger partial charge on any atom is -0.497 e. The Hall–Kier alpha value is -5.38. The molecule has 1 N–H and O–H groups in total. The average molecular weight is 550 g/mol. The maximum Gasteiger partial charge on any atom is 0.251 e. The topological polar surface area (TPSA) is 108 Å². The van der Waals surface area contributed by atoms with E-state index in [2.05, 4.69) is 15.6 Å². The summed E-state index contributed by atoms with van der Waals surface area (Å²) in [5.41, 5.74) is 3.42. The molecule has 2 amide bonds. The quantitative estimate of drug-likeness (QED) is 0.287. The van der Waals surface area contributed by atoms with Crippen LogP contribution in [0.1, 0.15) is 17.2 Å². The number of nitrogens with one attached hydrogen (secondary N) is 1. The predicted octanol–water partition coefficient (Wildman–Crippen LogP) is 4.58. The van der Waals surface area contributed by atoms with Gasteiger partial charge >= 0.3 is 0 Å². The van der Waals surface area contributed by atoms with E-state index in [0.29, 0.717) is 34.0 Å². The molecule has 2 heterocycles. The first kappa shape index (κ1) is 25.9. The van der Waals surface area contributed by atoms with Crippen molar-refractivity contribution in [3.05, 3.63) is 108 Å². The van der Waals surface area contributed by atoms with Crippen LogP contribution in [0, 0.1) is 0 Å². The highest BCUT2D eigenvalue weighted by molar-refractivity contribution is 5.98. The molecule has 41 heavy (non-hydrogen) atoms. The summed E-state index contributed by atoms with van der Waals surface area (Å²) in [5.74, 6) is 1.06. The molecule has 206 valence electrons. The van der Waals surface area contributed by atoms with E-state index >= 15 is 0 Å². The Morgan fingerprint density at radius 3 is 2.51 bits per heavy atom. The number of nitrogens with zero attached hydrogens (tertiary/aromatic N) is 4. The van der Waals surface area contributed by atoms with Gasteiger partial charge in [0.2, 0.25) is 12.7 Å². The summed E-state index contributed by atoms with van der Waals surface area (Å²) >= 11 is 0. The number of fused-ring (bicyclic) bond motifs is 2. The Balaban J connectivity index is 1.40. The summed E-state index contributed by atoms with van der Waals surface area (Å²) in [4.78, 5) is 29.8. The van der Waals surface area contributed by atoms with Crippen molar-refractivity contribution in [3.8, 4) is 17.2 Å². The smallest absolute Gasteiger partial charge is 0.251 e. The van der Waals surface area contributed by atoms with Crippen LogP contribution < -0.4 is 19.5 Å². The molecule has 0 fully saturated rings. The van der Waals surface area contributed by atoms with Gasteiger partial charge in [-0.25, -0.2) is 4.68 Å². The molecule has 0 saturated carbocycles. The number of hydrogen-bond donors (Lipinski definition) is 1. The number of aromatic nitrogens is 3. The van der Waals surface area contributed by atoms with Crippen LogP contribution in [0.2, 0.25) is 0 Å². The first-order chi connectivity index (χ1) is 20.1. The lowest BCUT2D eigenvalue weighted by atomic mass is 10.0. The van der Waals surface area contributed by atoms with Gasteiger partial charge in [-0.3, -0.25) is 9.59 Å². The second-order valence-electron chi connectivity index (χ2n) is 9.48. The molecule has 1 aromatic heterocycles. The van der Waals surface area contributed by atoms with Crippen molar-refractivity contribution >= 4 is 28.5 Å². The van der Waals surface area contributed by atoms with Gasteiger partial charge in [-0.15, -0.1) is 5.10 Å². The Morgan fingerprint density at radius 2 is 1.71 bits per heavy atom. The van der Waals surface area contributed by atoms with Crippen LogP contribution in [0.15, 0.2) is 97.1 Å². The third kappa shape index (κ3) is 5.53. The number of para-hydroxylation sites is 1. The summed E-state index contributed by atoms with van der Waals surface area (Å²) in [7, 11) is 1.58. The number of anilines is 1. The zero-order chi connectivity index (χ0) is 28.2. The van der Waals surface area contributed by atoms with Crippen LogP contribution in [-0.2, 0) is 22.7 Å². The van der Waals surface area contributed by atoms with E-state index in [0.717, 1.165) is 11.1 Å². The van der Waals surface area contributed by atoms with Gasteiger partial charge in [-0.2, -0.15) is 0 Å². The Bertz CT molecular complexity index is 1690. The predicted molar refractivity (Wildman–Crippen MR) is 151 cm³/mol. The summed E-state index contributed by atoms with van der Waals surface area (Å²) in [6.07, 6.45) is 0. The van der Waals surface area contributed by atoms with Crippen molar-refractivity contribution in [3.63, 3.8) is 0 Å². The minimum atomic E-state index is -1.01. The van der Waals surface area contributed by atoms with Gasteiger partial charge in [0.1, 0.15) is 23.9 Å². The van der Waals surface area contributed by atoms with E-state index in [1.54, 1.807) is 59.2 Å². The molecule has 0 saturated heterocycles. The third-order valence-electron chi connectivity index (χ3n) is 6.85. The lowest BCUT2D eigenvalue weighted by Crippen LogP contribution is -2.42. The van der Waals surface area contributed by atoms with E-state index < -0.39 is 6.04 Å². The molecule has 5 aromatic rings. The molecular weight excluding hydrogens is 522 g/mol. The standard InChI is InChI=1S/C31H27N5O5/c1-39-24-14-12-23(13-15-24)32-31(38)30(22-11-16-27-28(17-22)41-20-40-27)35(18-21-7-3-2-4-8-21)29(37)19-36-26-10-6-5-9-25(26)33-34-36/h2-17,30H,18-20H2,1H3,(H,32,38)/t30-/m0/s1. The van der Waals surface area contributed by atoms with Crippen molar-refractivity contribution < 1.29 is 23.8 Å². The molecule has 6 rings (SSSR count). The monoisotopic (exact) mass is 549 g/mol. The van der Waals surface area contributed by atoms with Crippen molar-refractivity contribution in [1.82, 2.24) is 19.9 Å². The second kappa shape index (κ2) is 11.4. The van der Waals surface area contributed by atoms with Gasteiger partial charge in [0.15, 0.2) is 11.5 Å². The number of hydrogen-bond acceptors (Lipinski definition) is 7. The molecule has 10 nitrogen and oxygen atoms in total. The van der Waals surface area contributed by atoms with E-state index in [1.807, 2.05) is 54.6 Å². The molecule has 1 atom stereocenters. The fourth-order valence-electron chi connectivity index (χ4n) is 4.80. The average Bonchev–Trinajstić information content (AvgIpc) is 3.64. The maximum atomic E-state index is 14.1. The Kier molecular flexibility index (Phi) is 7.19. The summed E-state index contributed by atoms with van der Waals surface area (Å²) in [5, 5.41) is 11.4. The van der Waals surface area contributed by atoms with Crippen molar-refractivity contribution in [1.29, 1.82) is 0 Å². The number of methoxy groups -OCH3 is 1. The molecular formula is C31H27N5O5. The number of amides is 2. The molecule has 1 aliphatic rings. The highest BCUT2D eigenvalue weighted by Gasteiger charge is 2.33. The SMILES string of the molecule is COc1ccc(NC(=O)[C@H](c2ccc3c(c2)OCO3)N(Cc2ccccc2)C(=O)Cn2nnc3ccccc32)cc1. The fourth-order valence-corrected chi connectivity index (χ4v) is 4.80. The van der Waals surface area contributed by atoms with E-state index in [-0.39, 0.29) is 31.7 Å². The van der Waals surface area contributed by atoms with Crippen molar-refractivity contribution in [2.75, 3.05) is 19.2 Å². The number of rotatable bonds is 9. The van der Waals surface area contributed by atoms with E-state index in [1.165, 1.54) is 0 Å². The summed E-state index contributed by atoms with van der Waals surface area (Å²) in [6.45, 7) is 0.166. The number of ether oxygens (including phenoxy) is 3. The van der Waals surface area contributed by atoms with Gasteiger partial charge in [-0.1, -0.05) is 53.7 Å². The van der Waals surface area contributed by atoms with Crippen LogP contribution >= 0.6 is 0 Å². The lowest BCUT2D eigenvalue weighted by molar-refractivity contribution is -0.140.